The third-order valence-corrected chi connectivity index (χ3v) is 1.82. The maximum atomic E-state index is 4.26. The Kier molecular flexibility index (Phi) is 1.33. The van der Waals surface area contributed by atoms with Crippen molar-refractivity contribution in [3.05, 3.63) is 17.2 Å². The topological polar surface area (TPSA) is 56.0 Å². The van der Waals surface area contributed by atoms with E-state index in [9.17, 15) is 0 Å². The molecule has 0 spiro atoms. The minimum atomic E-state index is 0.565. The molecule has 5 nitrogen and oxygen atoms in total. The van der Waals surface area contributed by atoms with E-state index in [1.807, 2.05) is 20.8 Å². The van der Waals surface area contributed by atoms with Gasteiger partial charge in [0.15, 0.2) is 5.82 Å². The molecule has 0 amide bonds. The molecule has 0 aromatic carbocycles. The maximum Gasteiger partial charge on any atom is 0.272 e. The van der Waals surface area contributed by atoms with Gasteiger partial charge in [-0.15, -0.1) is 10.2 Å². The van der Waals surface area contributed by atoms with Crippen molar-refractivity contribution in [3.8, 4) is 0 Å². The second-order valence-corrected chi connectivity index (χ2v) is 2.74. The highest BCUT2D eigenvalue weighted by atomic mass is 15.4. The monoisotopic (exact) mass is 163 g/mol. The normalized spacial score (nSPS) is 10.9. The highest BCUT2D eigenvalue weighted by molar-refractivity contribution is 5.27. The SMILES string of the molecule is Cc1nc2nnc(C)n2nc1C. The average molecular weight is 163 g/mol. The minimum Gasteiger partial charge on any atom is -0.213 e. The molecule has 0 saturated heterocycles. The van der Waals surface area contributed by atoms with Crippen LogP contribution in [-0.2, 0) is 0 Å². The predicted octanol–water partition coefficient (Wildman–Crippen LogP) is 0.445. The number of aromatic nitrogens is 5. The minimum absolute atomic E-state index is 0.565. The number of nitrogens with zero attached hydrogens (tertiary/aromatic N) is 5. The van der Waals surface area contributed by atoms with Crippen LogP contribution in [0.4, 0.5) is 0 Å². The molecule has 2 rings (SSSR count). The van der Waals surface area contributed by atoms with Gasteiger partial charge in [0.25, 0.3) is 5.78 Å². The van der Waals surface area contributed by atoms with Gasteiger partial charge in [-0.05, 0) is 20.8 Å². The van der Waals surface area contributed by atoms with Crippen LogP contribution >= 0.6 is 0 Å². The van der Waals surface area contributed by atoms with E-state index in [0.717, 1.165) is 17.2 Å². The lowest BCUT2D eigenvalue weighted by Crippen LogP contribution is -2.01. The highest BCUT2D eigenvalue weighted by Crippen LogP contribution is 2.02. The van der Waals surface area contributed by atoms with Gasteiger partial charge in [0, 0.05) is 0 Å². The Morgan fingerprint density at radius 2 is 1.75 bits per heavy atom. The fraction of sp³-hybridized carbons (Fsp3) is 0.429. The Hall–Kier alpha value is -1.52. The van der Waals surface area contributed by atoms with Gasteiger partial charge in [-0.3, -0.25) is 0 Å². The number of aryl methyl sites for hydroxylation is 3. The van der Waals surface area contributed by atoms with Crippen molar-refractivity contribution < 1.29 is 0 Å². The molecular weight excluding hydrogens is 154 g/mol. The van der Waals surface area contributed by atoms with Crippen molar-refractivity contribution in [1.82, 2.24) is 24.8 Å². The number of hydrogen-bond donors (Lipinski definition) is 0. The lowest BCUT2D eigenvalue weighted by atomic mass is 10.4. The zero-order chi connectivity index (χ0) is 8.72. The molecule has 5 heteroatoms. The van der Waals surface area contributed by atoms with E-state index < -0.39 is 0 Å². The van der Waals surface area contributed by atoms with E-state index >= 15 is 0 Å². The van der Waals surface area contributed by atoms with Crippen LogP contribution in [0.25, 0.3) is 5.78 Å². The summed E-state index contributed by atoms with van der Waals surface area (Å²) in [5.74, 6) is 1.33. The van der Waals surface area contributed by atoms with Gasteiger partial charge in [0.05, 0.1) is 11.4 Å². The summed E-state index contributed by atoms with van der Waals surface area (Å²) in [6.07, 6.45) is 0. The summed E-state index contributed by atoms with van der Waals surface area (Å²) >= 11 is 0. The second kappa shape index (κ2) is 2.23. The van der Waals surface area contributed by atoms with Crippen LogP contribution in [-0.4, -0.2) is 24.8 Å². The fourth-order valence-corrected chi connectivity index (χ4v) is 0.987. The molecule has 0 N–H and O–H groups in total. The first-order chi connectivity index (χ1) is 5.68. The number of hydrogen-bond acceptors (Lipinski definition) is 4. The van der Waals surface area contributed by atoms with E-state index in [4.69, 9.17) is 0 Å². The van der Waals surface area contributed by atoms with Crippen LogP contribution in [0.5, 0.6) is 0 Å². The molecule has 0 fully saturated rings. The molecule has 2 heterocycles. The van der Waals surface area contributed by atoms with Crippen LogP contribution in [0.3, 0.4) is 0 Å². The summed E-state index contributed by atoms with van der Waals surface area (Å²) in [5, 5.41) is 12.0. The molecule has 0 bridgehead atoms. The third-order valence-electron chi connectivity index (χ3n) is 1.82. The van der Waals surface area contributed by atoms with Crippen LogP contribution in [0, 0.1) is 20.8 Å². The molecule has 12 heavy (non-hydrogen) atoms. The zero-order valence-corrected chi connectivity index (χ0v) is 7.24. The van der Waals surface area contributed by atoms with Crippen molar-refractivity contribution in [2.75, 3.05) is 0 Å². The molecular formula is C7H9N5. The van der Waals surface area contributed by atoms with Gasteiger partial charge in [0.2, 0.25) is 0 Å². The Morgan fingerprint density at radius 3 is 2.50 bits per heavy atom. The van der Waals surface area contributed by atoms with Crippen molar-refractivity contribution in [1.29, 1.82) is 0 Å². The van der Waals surface area contributed by atoms with Gasteiger partial charge >= 0.3 is 0 Å². The number of fused-ring (bicyclic) bond motifs is 1. The zero-order valence-electron chi connectivity index (χ0n) is 7.24. The van der Waals surface area contributed by atoms with Crippen LogP contribution in [0.15, 0.2) is 0 Å². The molecule has 0 atom stereocenters. The lowest BCUT2D eigenvalue weighted by Gasteiger charge is -1.97. The first kappa shape index (κ1) is 7.15. The van der Waals surface area contributed by atoms with Gasteiger partial charge in [-0.25, -0.2) is 4.98 Å². The predicted molar refractivity (Wildman–Crippen MR) is 42.8 cm³/mol. The molecule has 0 aliphatic heterocycles. The Balaban J connectivity index is 2.87. The molecule has 0 aliphatic carbocycles. The van der Waals surface area contributed by atoms with Crippen molar-refractivity contribution in [2.24, 2.45) is 0 Å². The van der Waals surface area contributed by atoms with E-state index in [2.05, 4.69) is 20.3 Å². The molecule has 0 radical (unpaired) electrons. The fourth-order valence-electron chi connectivity index (χ4n) is 0.987. The largest absolute Gasteiger partial charge is 0.272 e. The first-order valence-corrected chi connectivity index (χ1v) is 3.72. The lowest BCUT2D eigenvalue weighted by molar-refractivity contribution is 0.818. The molecule has 2 aromatic rings. The Bertz CT molecular complexity index is 431. The summed E-state index contributed by atoms with van der Waals surface area (Å²) in [6, 6.07) is 0. The number of rotatable bonds is 0. The van der Waals surface area contributed by atoms with E-state index in [-0.39, 0.29) is 0 Å². The quantitative estimate of drug-likeness (QED) is 0.565. The summed E-state index contributed by atoms with van der Waals surface area (Å²) in [5.41, 5.74) is 1.81. The van der Waals surface area contributed by atoms with Crippen LogP contribution in [0.2, 0.25) is 0 Å². The first-order valence-electron chi connectivity index (χ1n) is 3.72. The Labute approximate surface area is 69.5 Å². The summed E-state index contributed by atoms with van der Waals surface area (Å²) < 4.78 is 1.64. The van der Waals surface area contributed by atoms with Gasteiger partial charge < -0.3 is 0 Å². The van der Waals surface area contributed by atoms with Crippen molar-refractivity contribution >= 4 is 5.78 Å². The Morgan fingerprint density at radius 1 is 1.00 bits per heavy atom. The smallest absolute Gasteiger partial charge is 0.213 e. The summed E-state index contributed by atoms with van der Waals surface area (Å²) in [6.45, 7) is 5.68. The van der Waals surface area contributed by atoms with Crippen LogP contribution < -0.4 is 0 Å². The van der Waals surface area contributed by atoms with Gasteiger partial charge in [-0.1, -0.05) is 0 Å². The second-order valence-electron chi connectivity index (χ2n) is 2.74. The van der Waals surface area contributed by atoms with E-state index in [1.54, 1.807) is 4.52 Å². The van der Waals surface area contributed by atoms with Crippen LogP contribution in [0.1, 0.15) is 17.2 Å². The van der Waals surface area contributed by atoms with E-state index in [0.29, 0.717) is 5.78 Å². The molecule has 0 aliphatic rings. The molecule has 0 saturated carbocycles. The third kappa shape index (κ3) is 0.861. The summed E-state index contributed by atoms with van der Waals surface area (Å²) in [7, 11) is 0. The van der Waals surface area contributed by atoms with Crippen molar-refractivity contribution in [3.63, 3.8) is 0 Å². The molecule has 2 aromatic heterocycles. The van der Waals surface area contributed by atoms with Gasteiger partial charge in [0.1, 0.15) is 0 Å². The maximum absolute atomic E-state index is 4.26. The van der Waals surface area contributed by atoms with Crippen molar-refractivity contribution in [2.45, 2.75) is 20.8 Å². The summed E-state index contributed by atoms with van der Waals surface area (Å²) in [4.78, 5) is 4.22. The van der Waals surface area contributed by atoms with E-state index in [1.165, 1.54) is 0 Å². The average Bonchev–Trinajstić information content (AvgIpc) is 2.35. The van der Waals surface area contributed by atoms with Gasteiger partial charge in [-0.2, -0.15) is 9.61 Å². The molecule has 0 unspecified atom stereocenters. The highest BCUT2D eigenvalue weighted by Gasteiger charge is 2.04. The standard InChI is InChI=1S/C7H9N5/c1-4-5(2)11-12-6(3)9-10-7(12)8-4/h1-3H3. The molecule has 62 valence electrons.